The number of nitrogens with zero attached hydrogens (tertiary/aromatic N) is 1. The molecular formula is C23H19Cl4N3O3. The molecule has 0 saturated heterocycles. The zero-order valence-corrected chi connectivity index (χ0v) is 20.6. The Bertz CT molecular complexity index is 1210. The second-order valence-electron chi connectivity index (χ2n) is 7.38. The van der Waals surface area contributed by atoms with Crippen LogP contribution in [0.15, 0.2) is 58.0 Å². The minimum Gasteiger partial charge on any atom is -0.455 e. The van der Waals surface area contributed by atoms with Crippen molar-refractivity contribution < 1.29 is 14.0 Å². The first-order valence-electron chi connectivity index (χ1n) is 9.80. The third-order valence-corrected chi connectivity index (χ3v) is 5.70. The van der Waals surface area contributed by atoms with Gasteiger partial charge < -0.3 is 9.73 Å². The van der Waals surface area contributed by atoms with E-state index >= 15 is 0 Å². The molecule has 1 aromatic heterocycles. The Morgan fingerprint density at radius 3 is 2.24 bits per heavy atom. The van der Waals surface area contributed by atoms with Crippen molar-refractivity contribution in [2.24, 2.45) is 11.0 Å². The fourth-order valence-electron chi connectivity index (χ4n) is 2.91. The Morgan fingerprint density at radius 1 is 0.939 bits per heavy atom. The van der Waals surface area contributed by atoms with E-state index in [0.717, 1.165) is 0 Å². The largest absolute Gasteiger partial charge is 0.455 e. The van der Waals surface area contributed by atoms with Crippen molar-refractivity contribution in [1.29, 1.82) is 0 Å². The van der Waals surface area contributed by atoms with Gasteiger partial charge in [-0.15, -0.1) is 0 Å². The molecule has 1 heterocycles. The van der Waals surface area contributed by atoms with Crippen LogP contribution in [-0.2, 0) is 4.79 Å². The highest BCUT2D eigenvalue weighted by atomic mass is 35.5. The second-order valence-corrected chi connectivity index (χ2v) is 9.07. The highest BCUT2D eigenvalue weighted by Gasteiger charge is 2.25. The molecular weight excluding hydrogens is 508 g/mol. The summed E-state index contributed by atoms with van der Waals surface area (Å²) in [5, 5.41) is 8.17. The Kier molecular flexibility index (Phi) is 8.43. The van der Waals surface area contributed by atoms with Crippen molar-refractivity contribution in [2.45, 2.75) is 19.9 Å². The van der Waals surface area contributed by atoms with Gasteiger partial charge in [0.25, 0.3) is 11.8 Å². The van der Waals surface area contributed by atoms with Gasteiger partial charge in [-0.2, -0.15) is 5.10 Å². The standard InChI is InChI=1S/C23H19Cl4N3O3/c1-12(2)21(29-22(31)17-7-4-14(25)10-19(17)27)23(32)30-28-11-15-5-8-20(33-15)16-6-3-13(24)9-18(16)26/h3-12,21H,1-2H3,(H,29,31)(H,30,32). The van der Waals surface area contributed by atoms with Crippen LogP contribution in [0.2, 0.25) is 20.1 Å². The number of carbonyl (C=O) groups is 2. The lowest BCUT2D eigenvalue weighted by atomic mass is 10.0. The molecule has 2 aromatic carbocycles. The molecule has 3 aromatic rings. The molecule has 2 N–H and O–H groups in total. The first kappa shape index (κ1) is 25.1. The fraction of sp³-hybridized carbons (Fsp3) is 0.174. The molecule has 3 rings (SSSR count). The SMILES string of the molecule is CC(C)C(NC(=O)c1ccc(Cl)cc1Cl)C(=O)NN=Cc1ccc(-c2ccc(Cl)cc2Cl)o1. The Morgan fingerprint density at radius 2 is 1.61 bits per heavy atom. The summed E-state index contributed by atoms with van der Waals surface area (Å²) in [6.45, 7) is 3.60. The summed E-state index contributed by atoms with van der Waals surface area (Å²) >= 11 is 24.1. The number of amides is 2. The molecule has 1 atom stereocenters. The fourth-order valence-corrected chi connectivity index (χ4v) is 3.91. The zero-order valence-electron chi connectivity index (χ0n) is 17.5. The number of furan rings is 1. The molecule has 33 heavy (non-hydrogen) atoms. The van der Waals surface area contributed by atoms with Gasteiger partial charge in [0.05, 0.1) is 21.8 Å². The van der Waals surface area contributed by atoms with Crippen molar-refractivity contribution in [3.8, 4) is 11.3 Å². The van der Waals surface area contributed by atoms with E-state index in [2.05, 4.69) is 15.8 Å². The maximum Gasteiger partial charge on any atom is 0.262 e. The van der Waals surface area contributed by atoms with Crippen molar-refractivity contribution in [3.05, 3.63) is 79.9 Å². The molecule has 172 valence electrons. The summed E-state index contributed by atoms with van der Waals surface area (Å²) in [4.78, 5) is 25.2. The number of halogens is 4. The summed E-state index contributed by atoms with van der Waals surface area (Å²) in [5.74, 6) is -0.277. The van der Waals surface area contributed by atoms with Gasteiger partial charge in [-0.05, 0) is 54.4 Å². The van der Waals surface area contributed by atoms with Crippen LogP contribution in [0.1, 0.15) is 30.0 Å². The number of carbonyl (C=O) groups excluding carboxylic acids is 2. The quantitative estimate of drug-likeness (QED) is 0.273. The lowest BCUT2D eigenvalue weighted by Gasteiger charge is -2.20. The number of benzene rings is 2. The van der Waals surface area contributed by atoms with E-state index in [1.807, 2.05) is 0 Å². The second kappa shape index (κ2) is 11.1. The average molecular weight is 527 g/mol. The van der Waals surface area contributed by atoms with E-state index in [0.29, 0.717) is 32.2 Å². The van der Waals surface area contributed by atoms with E-state index < -0.39 is 17.9 Å². The van der Waals surface area contributed by atoms with Crippen molar-refractivity contribution in [3.63, 3.8) is 0 Å². The molecule has 0 spiro atoms. The Labute approximate surface area is 210 Å². The van der Waals surface area contributed by atoms with Crippen LogP contribution in [-0.4, -0.2) is 24.1 Å². The van der Waals surface area contributed by atoms with Crippen LogP contribution in [0.3, 0.4) is 0 Å². The van der Waals surface area contributed by atoms with E-state index in [4.69, 9.17) is 50.8 Å². The number of hydrogen-bond donors (Lipinski definition) is 2. The normalized spacial score (nSPS) is 12.2. The maximum absolute atomic E-state index is 12.6. The lowest BCUT2D eigenvalue weighted by Crippen LogP contribution is -2.48. The molecule has 2 amide bonds. The molecule has 10 heteroatoms. The molecule has 1 unspecified atom stereocenters. The van der Waals surface area contributed by atoms with E-state index in [1.165, 1.54) is 18.3 Å². The molecule has 0 aliphatic carbocycles. The number of nitrogens with one attached hydrogen (secondary N) is 2. The minimum atomic E-state index is -0.846. The molecule has 0 radical (unpaired) electrons. The van der Waals surface area contributed by atoms with Gasteiger partial charge in [-0.25, -0.2) is 5.43 Å². The lowest BCUT2D eigenvalue weighted by molar-refractivity contribution is -0.123. The van der Waals surface area contributed by atoms with E-state index in [1.54, 1.807) is 50.2 Å². The van der Waals surface area contributed by atoms with Gasteiger partial charge in [-0.3, -0.25) is 9.59 Å². The summed E-state index contributed by atoms with van der Waals surface area (Å²) in [6.07, 6.45) is 1.35. The van der Waals surface area contributed by atoms with Gasteiger partial charge in [0.15, 0.2) is 0 Å². The van der Waals surface area contributed by atoms with Crippen molar-refractivity contribution >= 4 is 64.4 Å². The first-order chi connectivity index (χ1) is 15.7. The predicted molar refractivity (Wildman–Crippen MR) is 132 cm³/mol. The van der Waals surface area contributed by atoms with Crippen molar-refractivity contribution in [1.82, 2.24) is 10.7 Å². The number of hydrazone groups is 1. The molecule has 0 saturated carbocycles. The van der Waals surface area contributed by atoms with Crippen LogP contribution in [0, 0.1) is 5.92 Å². The molecule has 6 nitrogen and oxygen atoms in total. The molecule has 0 bridgehead atoms. The van der Waals surface area contributed by atoms with Crippen LogP contribution in [0.25, 0.3) is 11.3 Å². The van der Waals surface area contributed by atoms with Crippen LogP contribution in [0.5, 0.6) is 0 Å². The highest BCUT2D eigenvalue weighted by molar-refractivity contribution is 6.37. The summed E-state index contributed by atoms with van der Waals surface area (Å²) in [7, 11) is 0. The maximum atomic E-state index is 12.6. The van der Waals surface area contributed by atoms with Gasteiger partial charge in [0.2, 0.25) is 0 Å². The van der Waals surface area contributed by atoms with Crippen LogP contribution in [0.4, 0.5) is 0 Å². The topological polar surface area (TPSA) is 83.7 Å². The number of hydrogen-bond acceptors (Lipinski definition) is 4. The Balaban J connectivity index is 1.65. The van der Waals surface area contributed by atoms with Gasteiger partial charge >= 0.3 is 0 Å². The monoisotopic (exact) mass is 525 g/mol. The third kappa shape index (κ3) is 6.51. The smallest absolute Gasteiger partial charge is 0.262 e. The summed E-state index contributed by atoms with van der Waals surface area (Å²) in [5.41, 5.74) is 3.31. The third-order valence-electron chi connectivity index (χ3n) is 4.60. The number of rotatable bonds is 7. The Hall–Kier alpha value is -2.51. The average Bonchev–Trinajstić information content (AvgIpc) is 3.20. The van der Waals surface area contributed by atoms with Crippen LogP contribution >= 0.6 is 46.4 Å². The van der Waals surface area contributed by atoms with Crippen molar-refractivity contribution in [2.75, 3.05) is 0 Å². The molecule has 0 aliphatic rings. The predicted octanol–water partition coefficient (Wildman–Crippen LogP) is 6.46. The van der Waals surface area contributed by atoms with E-state index in [-0.39, 0.29) is 16.5 Å². The van der Waals surface area contributed by atoms with Gasteiger partial charge in [0.1, 0.15) is 17.6 Å². The molecule has 0 fully saturated rings. The summed E-state index contributed by atoms with van der Waals surface area (Å²) < 4.78 is 5.70. The first-order valence-corrected chi connectivity index (χ1v) is 11.3. The zero-order chi connectivity index (χ0) is 24.1. The van der Waals surface area contributed by atoms with E-state index in [9.17, 15) is 9.59 Å². The van der Waals surface area contributed by atoms with Crippen LogP contribution < -0.4 is 10.7 Å². The van der Waals surface area contributed by atoms with Gasteiger partial charge in [-0.1, -0.05) is 60.3 Å². The molecule has 0 aliphatic heterocycles. The summed E-state index contributed by atoms with van der Waals surface area (Å²) in [6, 6.07) is 12.1. The minimum absolute atomic E-state index is 0.190. The highest BCUT2D eigenvalue weighted by Crippen LogP contribution is 2.31. The van der Waals surface area contributed by atoms with Gasteiger partial charge in [0, 0.05) is 15.6 Å².